The molecular formula is C19H12F5N5O3S. The van der Waals surface area contributed by atoms with Gasteiger partial charge in [-0.25, -0.2) is 17.9 Å². The van der Waals surface area contributed by atoms with Gasteiger partial charge in [0, 0.05) is 11.9 Å². The van der Waals surface area contributed by atoms with Gasteiger partial charge in [-0.2, -0.15) is 27.1 Å². The van der Waals surface area contributed by atoms with Gasteiger partial charge in [-0.1, -0.05) is 6.07 Å². The second-order valence-electron chi connectivity index (χ2n) is 6.48. The highest BCUT2D eigenvalue weighted by Gasteiger charge is 2.50. The van der Waals surface area contributed by atoms with Crippen molar-refractivity contribution < 1.29 is 35.1 Å². The number of benzene rings is 1. The molecule has 4 rings (SSSR count). The first-order valence-corrected chi connectivity index (χ1v) is 10.5. The molecule has 0 saturated carbocycles. The van der Waals surface area contributed by atoms with Crippen LogP contribution in [0.2, 0.25) is 0 Å². The highest BCUT2D eigenvalue weighted by atomic mass is 32.2. The summed E-state index contributed by atoms with van der Waals surface area (Å²) in [5, 5.41) is 5.22. The predicted octanol–water partition coefficient (Wildman–Crippen LogP) is 4.43. The Labute approximate surface area is 182 Å². The SMILES string of the molecule is O=S(=O)(c1nn2ccccc2c1-c1cncc(Nc2ccc(OC(F)F)cc2)n1)C(F)(F)F. The maximum atomic E-state index is 13.3. The summed E-state index contributed by atoms with van der Waals surface area (Å²) >= 11 is 0. The zero-order chi connectivity index (χ0) is 23.8. The van der Waals surface area contributed by atoms with Crippen LogP contribution in [0.5, 0.6) is 5.75 Å². The number of hydrogen-bond donors (Lipinski definition) is 1. The first-order chi connectivity index (χ1) is 15.6. The molecule has 3 heterocycles. The number of nitrogens with zero attached hydrogens (tertiary/aromatic N) is 4. The number of alkyl halides is 5. The predicted molar refractivity (Wildman–Crippen MR) is 106 cm³/mol. The van der Waals surface area contributed by atoms with E-state index in [4.69, 9.17) is 0 Å². The van der Waals surface area contributed by atoms with Crippen LogP contribution >= 0.6 is 0 Å². The van der Waals surface area contributed by atoms with Crippen LogP contribution in [0.4, 0.5) is 33.5 Å². The number of hydrogen-bond acceptors (Lipinski definition) is 7. The minimum Gasteiger partial charge on any atom is -0.435 e. The van der Waals surface area contributed by atoms with Gasteiger partial charge in [-0.3, -0.25) is 4.98 Å². The summed E-state index contributed by atoms with van der Waals surface area (Å²) in [6.07, 6.45) is 3.65. The molecule has 1 N–H and O–H groups in total. The van der Waals surface area contributed by atoms with Crippen molar-refractivity contribution in [3.05, 3.63) is 61.1 Å². The number of anilines is 2. The zero-order valence-corrected chi connectivity index (χ0v) is 17.0. The monoisotopic (exact) mass is 485 g/mol. The van der Waals surface area contributed by atoms with Crippen molar-refractivity contribution in [2.75, 3.05) is 5.32 Å². The lowest BCUT2D eigenvalue weighted by atomic mass is 10.2. The summed E-state index contributed by atoms with van der Waals surface area (Å²) in [5.74, 6) is -0.0237. The van der Waals surface area contributed by atoms with Crippen molar-refractivity contribution in [2.45, 2.75) is 17.1 Å². The van der Waals surface area contributed by atoms with Crippen LogP contribution in [0.15, 0.2) is 66.1 Å². The van der Waals surface area contributed by atoms with E-state index in [1.54, 1.807) is 0 Å². The third-order valence-corrected chi connectivity index (χ3v) is 5.71. The van der Waals surface area contributed by atoms with E-state index in [2.05, 4.69) is 25.1 Å². The third kappa shape index (κ3) is 4.41. The number of pyridine rings is 1. The summed E-state index contributed by atoms with van der Waals surface area (Å²) in [7, 11) is -5.80. The van der Waals surface area contributed by atoms with Gasteiger partial charge >= 0.3 is 12.1 Å². The van der Waals surface area contributed by atoms with Crippen LogP contribution in [-0.4, -0.2) is 40.1 Å². The van der Waals surface area contributed by atoms with E-state index >= 15 is 0 Å². The van der Waals surface area contributed by atoms with Gasteiger partial charge in [0.2, 0.25) is 0 Å². The second-order valence-corrected chi connectivity index (χ2v) is 8.33. The molecule has 0 amide bonds. The molecule has 0 aliphatic rings. The van der Waals surface area contributed by atoms with Gasteiger partial charge in [0.05, 0.1) is 29.2 Å². The van der Waals surface area contributed by atoms with Gasteiger partial charge in [-0.15, -0.1) is 0 Å². The van der Waals surface area contributed by atoms with Crippen molar-refractivity contribution in [3.63, 3.8) is 0 Å². The minimum absolute atomic E-state index is 0.0562. The van der Waals surface area contributed by atoms with Crippen molar-refractivity contribution in [1.82, 2.24) is 19.6 Å². The third-order valence-electron chi connectivity index (χ3n) is 4.31. The van der Waals surface area contributed by atoms with Crippen LogP contribution < -0.4 is 10.1 Å². The quantitative estimate of drug-likeness (QED) is 0.404. The van der Waals surface area contributed by atoms with E-state index in [-0.39, 0.29) is 28.3 Å². The fourth-order valence-electron chi connectivity index (χ4n) is 2.93. The summed E-state index contributed by atoms with van der Waals surface area (Å²) in [6, 6.07) is 9.71. The Bertz CT molecular complexity index is 1410. The van der Waals surface area contributed by atoms with Crippen molar-refractivity contribution in [3.8, 4) is 17.0 Å². The first-order valence-electron chi connectivity index (χ1n) is 8.99. The molecule has 0 fully saturated rings. The molecular weight excluding hydrogens is 473 g/mol. The smallest absolute Gasteiger partial charge is 0.435 e. The Balaban J connectivity index is 1.76. The largest absolute Gasteiger partial charge is 0.503 e. The number of fused-ring (bicyclic) bond motifs is 1. The number of rotatable bonds is 6. The Kier molecular flexibility index (Phi) is 5.61. The van der Waals surface area contributed by atoms with Gasteiger partial charge in [-0.05, 0) is 36.4 Å². The zero-order valence-electron chi connectivity index (χ0n) is 16.2. The molecule has 0 spiro atoms. The van der Waals surface area contributed by atoms with E-state index in [9.17, 15) is 30.4 Å². The van der Waals surface area contributed by atoms with Crippen LogP contribution in [0.1, 0.15) is 0 Å². The molecule has 0 unspecified atom stereocenters. The maximum absolute atomic E-state index is 13.3. The second kappa shape index (κ2) is 8.27. The molecule has 3 aromatic heterocycles. The van der Waals surface area contributed by atoms with Gasteiger partial charge < -0.3 is 10.1 Å². The minimum atomic E-state index is -5.80. The molecule has 0 aliphatic heterocycles. The lowest BCUT2D eigenvalue weighted by molar-refractivity contribution is -0.0499. The van der Waals surface area contributed by atoms with Crippen molar-refractivity contribution in [1.29, 1.82) is 0 Å². The van der Waals surface area contributed by atoms with Gasteiger partial charge in [0.1, 0.15) is 11.6 Å². The fraction of sp³-hybridized carbons (Fsp3) is 0.105. The number of aromatic nitrogens is 4. The van der Waals surface area contributed by atoms with Crippen LogP contribution in [0.3, 0.4) is 0 Å². The molecule has 172 valence electrons. The molecule has 0 aliphatic carbocycles. The summed E-state index contributed by atoms with van der Waals surface area (Å²) in [6.45, 7) is -2.99. The van der Waals surface area contributed by atoms with Crippen LogP contribution in [0, 0.1) is 0 Å². The Hall–Kier alpha value is -3.81. The molecule has 14 heteroatoms. The highest BCUT2D eigenvalue weighted by molar-refractivity contribution is 7.92. The van der Waals surface area contributed by atoms with E-state index in [1.165, 1.54) is 54.9 Å². The molecule has 4 aromatic rings. The number of halogens is 5. The Morgan fingerprint density at radius 2 is 1.76 bits per heavy atom. The van der Waals surface area contributed by atoms with Crippen LogP contribution in [0.25, 0.3) is 16.8 Å². The lowest BCUT2D eigenvalue weighted by Gasteiger charge is -2.10. The number of nitrogens with one attached hydrogen (secondary N) is 1. The average Bonchev–Trinajstić information content (AvgIpc) is 3.15. The lowest BCUT2D eigenvalue weighted by Crippen LogP contribution is -2.24. The number of sulfone groups is 1. The molecule has 33 heavy (non-hydrogen) atoms. The van der Waals surface area contributed by atoms with Crippen LogP contribution in [-0.2, 0) is 9.84 Å². The first kappa shape index (κ1) is 22.4. The molecule has 8 nitrogen and oxygen atoms in total. The van der Waals surface area contributed by atoms with E-state index in [0.29, 0.717) is 5.69 Å². The Morgan fingerprint density at radius 1 is 1.03 bits per heavy atom. The van der Waals surface area contributed by atoms with E-state index < -0.39 is 27.0 Å². The van der Waals surface area contributed by atoms with Crippen molar-refractivity contribution >= 4 is 26.9 Å². The maximum Gasteiger partial charge on any atom is 0.503 e. The molecule has 0 saturated heterocycles. The van der Waals surface area contributed by atoms with E-state index in [0.717, 1.165) is 10.7 Å². The summed E-state index contributed by atoms with van der Waals surface area (Å²) in [5.41, 5.74) is -5.68. The topological polar surface area (TPSA) is 98.5 Å². The number of ether oxygens (including phenoxy) is 1. The van der Waals surface area contributed by atoms with Gasteiger partial charge in [0.25, 0.3) is 9.84 Å². The molecule has 0 atom stereocenters. The molecule has 1 aromatic carbocycles. The standard InChI is InChI=1S/C19H12F5N5O3S/c20-18(21)32-12-6-4-11(5-7-12)26-15-10-25-9-13(27-15)16-14-3-1-2-8-29(14)28-17(16)33(30,31)19(22,23)24/h1-10,18H,(H,26,27). The van der Waals surface area contributed by atoms with E-state index in [1.807, 2.05) is 0 Å². The summed E-state index contributed by atoms with van der Waals surface area (Å²) < 4.78 is 94.0. The molecule has 0 bridgehead atoms. The molecule has 0 radical (unpaired) electrons. The van der Waals surface area contributed by atoms with Gasteiger partial charge in [0.15, 0.2) is 5.03 Å². The Morgan fingerprint density at radius 3 is 2.42 bits per heavy atom. The highest BCUT2D eigenvalue weighted by Crippen LogP contribution is 2.37. The fourth-order valence-corrected chi connectivity index (χ4v) is 3.82. The summed E-state index contributed by atoms with van der Waals surface area (Å²) in [4.78, 5) is 8.10. The average molecular weight is 485 g/mol. The van der Waals surface area contributed by atoms with Crippen molar-refractivity contribution in [2.24, 2.45) is 0 Å². The normalized spacial score (nSPS) is 12.3.